The summed E-state index contributed by atoms with van der Waals surface area (Å²) in [5.41, 5.74) is 3.05. The van der Waals surface area contributed by atoms with Crippen molar-refractivity contribution in [3.05, 3.63) is 63.8 Å². The van der Waals surface area contributed by atoms with Gasteiger partial charge in [-0.1, -0.05) is 58.9 Å². The second-order valence-electron chi connectivity index (χ2n) is 7.84. The smallest absolute Gasteiger partial charge is 0.270 e. The van der Waals surface area contributed by atoms with E-state index in [1.165, 1.54) is 6.42 Å². The highest BCUT2D eigenvalue weighted by Crippen LogP contribution is 2.45. The summed E-state index contributed by atoms with van der Waals surface area (Å²) < 4.78 is 0. The maximum Gasteiger partial charge on any atom is 0.270 e. The first kappa shape index (κ1) is 21.5. The van der Waals surface area contributed by atoms with Gasteiger partial charge in [0.2, 0.25) is 0 Å². The fourth-order valence-electron chi connectivity index (χ4n) is 4.02. The lowest BCUT2D eigenvalue weighted by Crippen LogP contribution is -2.36. The van der Waals surface area contributed by atoms with Crippen molar-refractivity contribution >= 4 is 11.4 Å². The minimum atomic E-state index is -0.266. The SMILES string of the molecule is CC.[C-]#[N+]/C(C#N)=C1\C(=C(/N2CCCCC2)C(C)(C)C)C(=O)c2ccccc21. The first-order valence-corrected chi connectivity index (χ1v) is 10.1. The van der Waals surface area contributed by atoms with Crippen molar-refractivity contribution < 1.29 is 4.79 Å². The quantitative estimate of drug-likeness (QED) is 0.351. The maximum atomic E-state index is 13.3. The Bertz CT molecular complexity index is 879. The van der Waals surface area contributed by atoms with Crippen molar-refractivity contribution in [3.8, 4) is 6.07 Å². The summed E-state index contributed by atoms with van der Waals surface area (Å²) in [5.74, 6) is -0.0671. The third kappa shape index (κ3) is 3.87. The number of Topliss-reactive ketones (excluding diaryl/α,β-unsaturated/α-hetero) is 1. The first-order valence-electron chi connectivity index (χ1n) is 10.1. The molecule has 0 atom stereocenters. The number of hydrogen-bond donors (Lipinski definition) is 0. The molecule has 1 heterocycles. The molecule has 0 N–H and O–H groups in total. The third-order valence-corrected chi connectivity index (χ3v) is 4.99. The molecule has 1 fully saturated rings. The van der Waals surface area contributed by atoms with Gasteiger partial charge in [-0.15, -0.1) is 0 Å². The van der Waals surface area contributed by atoms with E-state index >= 15 is 0 Å². The second-order valence-corrected chi connectivity index (χ2v) is 7.84. The molecule has 0 saturated carbocycles. The van der Waals surface area contributed by atoms with Crippen molar-refractivity contribution in [3.63, 3.8) is 0 Å². The molecule has 0 aromatic heterocycles. The summed E-state index contributed by atoms with van der Waals surface area (Å²) in [4.78, 5) is 19.1. The van der Waals surface area contributed by atoms with Crippen LogP contribution in [-0.4, -0.2) is 23.8 Å². The van der Waals surface area contributed by atoms with Gasteiger partial charge in [0.1, 0.15) is 0 Å². The topological polar surface area (TPSA) is 48.5 Å². The highest BCUT2D eigenvalue weighted by molar-refractivity contribution is 6.28. The van der Waals surface area contributed by atoms with Crippen molar-refractivity contribution in [1.82, 2.24) is 4.90 Å². The number of carbonyl (C=O) groups is 1. The highest BCUT2D eigenvalue weighted by Gasteiger charge is 2.39. The van der Waals surface area contributed by atoms with Crippen LogP contribution in [0.3, 0.4) is 0 Å². The number of benzene rings is 1. The number of piperidine rings is 1. The molecule has 1 aliphatic heterocycles. The van der Waals surface area contributed by atoms with E-state index in [4.69, 9.17) is 6.57 Å². The van der Waals surface area contributed by atoms with E-state index in [1.54, 1.807) is 6.07 Å². The van der Waals surface area contributed by atoms with Crippen LogP contribution in [0.2, 0.25) is 0 Å². The van der Waals surface area contributed by atoms with Gasteiger partial charge >= 0.3 is 0 Å². The Hall–Kier alpha value is -2.85. The molecule has 28 heavy (non-hydrogen) atoms. The molecule has 4 heteroatoms. The zero-order chi connectivity index (χ0) is 20.9. The number of ketones is 1. The summed E-state index contributed by atoms with van der Waals surface area (Å²) in [5, 5.41) is 9.54. The van der Waals surface area contributed by atoms with E-state index in [9.17, 15) is 10.1 Å². The van der Waals surface area contributed by atoms with Crippen molar-refractivity contribution in [2.45, 2.75) is 53.9 Å². The van der Waals surface area contributed by atoms with Gasteiger partial charge in [-0.3, -0.25) is 4.79 Å². The molecule has 1 aliphatic carbocycles. The van der Waals surface area contributed by atoms with Crippen LogP contribution in [0.1, 0.15) is 69.8 Å². The number of rotatable bonds is 1. The number of nitriles is 1. The van der Waals surface area contributed by atoms with Crippen LogP contribution in [0.25, 0.3) is 10.4 Å². The Morgan fingerprint density at radius 1 is 1.07 bits per heavy atom. The monoisotopic (exact) mass is 375 g/mol. The zero-order valence-corrected chi connectivity index (χ0v) is 17.6. The normalized spacial score (nSPS) is 19.7. The lowest BCUT2D eigenvalue weighted by atomic mass is 9.84. The Morgan fingerprint density at radius 2 is 1.64 bits per heavy atom. The zero-order valence-electron chi connectivity index (χ0n) is 17.6. The summed E-state index contributed by atoms with van der Waals surface area (Å²) >= 11 is 0. The first-order chi connectivity index (χ1) is 13.4. The third-order valence-electron chi connectivity index (χ3n) is 4.99. The molecule has 4 nitrogen and oxygen atoms in total. The number of nitrogens with zero attached hydrogens (tertiary/aromatic N) is 3. The van der Waals surface area contributed by atoms with Gasteiger partial charge in [0.25, 0.3) is 5.70 Å². The number of fused-ring (bicyclic) bond motifs is 1. The maximum absolute atomic E-state index is 13.3. The molecule has 3 rings (SSSR count). The second kappa shape index (κ2) is 8.89. The van der Waals surface area contributed by atoms with Gasteiger partial charge < -0.3 is 4.90 Å². The summed E-state index contributed by atoms with van der Waals surface area (Å²) in [6, 6.07) is 9.33. The number of likely N-dealkylation sites (tertiary alicyclic amines) is 1. The standard InChI is InChI=1S/C22H23N3O.C2H6/c1-22(2,3)21(25-12-8-5-9-13-25)19-18(17(14-23)24-4)15-10-6-7-11-16(15)20(19)26;1-2/h6-7,10-11H,5,8-9,12-13H2,1-3H3;1-2H3/b18-17-,21-19+;. The van der Waals surface area contributed by atoms with Crippen molar-refractivity contribution in [1.29, 1.82) is 5.26 Å². The molecule has 1 aromatic rings. The summed E-state index contributed by atoms with van der Waals surface area (Å²) in [6.07, 6.45) is 3.40. The summed E-state index contributed by atoms with van der Waals surface area (Å²) in [7, 11) is 0. The van der Waals surface area contributed by atoms with E-state index in [0.717, 1.165) is 31.6 Å². The molecule has 1 saturated heterocycles. The van der Waals surface area contributed by atoms with E-state index in [1.807, 2.05) is 38.1 Å². The van der Waals surface area contributed by atoms with Gasteiger partial charge in [-0.05, 0) is 24.8 Å². The summed E-state index contributed by atoms with van der Waals surface area (Å²) in [6.45, 7) is 19.6. The van der Waals surface area contributed by atoms with Gasteiger partial charge in [0.15, 0.2) is 5.78 Å². The lowest BCUT2D eigenvalue weighted by molar-refractivity contribution is 0.103. The molecule has 0 bridgehead atoms. The Balaban J connectivity index is 0.00000136. The van der Waals surface area contributed by atoms with Gasteiger partial charge in [0.05, 0.1) is 12.6 Å². The average Bonchev–Trinajstić information content (AvgIpc) is 2.98. The van der Waals surface area contributed by atoms with E-state index in [2.05, 4.69) is 30.5 Å². The predicted molar refractivity (Wildman–Crippen MR) is 113 cm³/mol. The Labute approximate surface area is 169 Å². The highest BCUT2D eigenvalue weighted by atomic mass is 16.1. The Kier molecular flexibility index (Phi) is 6.81. The Morgan fingerprint density at radius 3 is 2.14 bits per heavy atom. The largest absolute Gasteiger partial charge is 0.374 e. The van der Waals surface area contributed by atoms with Gasteiger partial charge in [-0.25, -0.2) is 10.1 Å². The molecule has 0 unspecified atom stereocenters. The predicted octanol–water partition coefficient (Wildman–Crippen LogP) is 5.85. The van der Waals surface area contributed by atoms with Crippen LogP contribution in [0.15, 0.2) is 41.2 Å². The van der Waals surface area contributed by atoms with E-state index < -0.39 is 0 Å². The van der Waals surface area contributed by atoms with Crippen LogP contribution in [-0.2, 0) is 0 Å². The number of hydrogen-bond acceptors (Lipinski definition) is 3. The van der Waals surface area contributed by atoms with Crippen LogP contribution < -0.4 is 0 Å². The van der Waals surface area contributed by atoms with E-state index in [0.29, 0.717) is 22.3 Å². The molecule has 0 spiro atoms. The van der Waals surface area contributed by atoms with Crippen molar-refractivity contribution in [2.24, 2.45) is 5.41 Å². The van der Waals surface area contributed by atoms with Crippen LogP contribution in [0.4, 0.5) is 0 Å². The molecule has 2 aliphatic rings. The van der Waals surface area contributed by atoms with Gasteiger partial charge in [0, 0.05) is 40.9 Å². The van der Waals surface area contributed by atoms with Crippen LogP contribution >= 0.6 is 0 Å². The lowest BCUT2D eigenvalue weighted by Gasteiger charge is -2.39. The molecular weight excluding hydrogens is 346 g/mol. The molecular formula is C24H29N3O. The number of carbonyl (C=O) groups excluding carboxylic acids is 1. The van der Waals surface area contributed by atoms with Crippen LogP contribution in [0.5, 0.6) is 0 Å². The fourth-order valence-corrected chi connectivity index (χ4v) is 4.02. The minimum absolute atomic E-state index is 0.00272. The van der Waals surface area contributed by atoms with Crippen LogP contribution in [0, 0.1) is 23.3 Å². The molecule has 1 aromatic carbocycles. The molecule has 146 valence electrons. The van der Waals surface area contributed by atoms with E-state index in [-0.39, 0.29) is 16.9 Å². The molecule has 0 amide bonds. The molecule has 0 radical (unpaired) electrons. The average molecular weight is 376 g/mol. The van der Waals surface area contributed by atoms with Gasteiger partial charge in [-0.2, -0.15) is 0 Å². The minimum Gasteiger partial charge on any atom is -0.374 e. The van der Waals surface area contributed by atoms with Crippen molar-refractivity contribution in [2.75, 3.05) is 13.1 Å². The number of allylic oxidation sites excluding steroid dienone is 4. The fraction of sp³-hybridized carbons (Fsp3) is 0.458.